The molecule has 0 aliphatic carbocycles. The summed E-state index contributed by atoms with van der Waals surface area (Å²) in [4.78, 5) is 21.2. The second-order valence-electron chi connectivity index (χ2n) is 6.79. The van der Waals surface area contributed by atoms with E-state index in [0.717, 1.165) is 24.2 Å². The topological polar surface area (TPSA) is 62.5 Å². The normalized spacial score (nSPS) is 18.4. The van der Waals surface area contributed by atoms with Crippen LogP contribution in [0.15, 0.2) is 54.9 Å². The van der Waals surface area contributed by atoms with Crippen molar-refractivity contribution < 1.29 is 4.79 Å². The molecule has 2 aromatic rings. The Morgan fingerprint density at radius 1 is 1.22 bits per heavy atom. The minimum Gasteiger partial charge on any atom is -0.358 e. The van der Waals surface area contributed by atoms with E-state index in [4.69, 9.17) is 5.73 Å². The first-order valence-corrected chi connectivity index (χ1v) is 8.86. The Balaban J connectivity index is 0.00000182. The third kappa shape index (κ3) is 6.09. The molecule has 2 N–H and O–H groups in total. The maximum atomic E-state index is 12.9. The summed E-state index contributed by atoms with van der Waals surface area (Å²) in [5.74, 6) is 0.582. The number of aromatic nitrogens is 1. The number of amides is 1. The summed E-state index contributed by atoms with van der Waals surface area (Å²) >= 11 is 0. The van der Waals surface area contributed by atoms with Gasteiger partial charge in [-0.3, -0.25) is 9.78 Å². The summed E-state index contributed by atoms with van der Waals surface area (Å²) in [6.07, 6.45) is 4.61. The molecular weight excluding hydrogens is 383 g/mol. The zero-order valence-electron chi connectivity index (χ0n) is 15.5. The van der Waals surface area contributed by atoms with E-state index in [1.807, 2.05) is 53.6 Å². The third-order valence-electron chi connectivity index (χ3n) is 4.86. The maximum absolute atomic E-state index is 12.9. The summed E-state index contributed by atoms with van der Waals surface area (Å²) in [6.45, 7) is 4.55. The molecule has 2 unspecified atom stereocenters. The molecule has 0 radical (unpaired) electrons. The number of hydrogen-bond acceptors (Lipinski definition) is 4. The van der Waals surface area contributed by atoms with Crippen molar-refractivity contribution in [1.29, 1.82) is 0 Å². The van der Waals surface area contributed by atoms with Crippen LogP contribution in [0.2, 0.25) is 0 Å². The van der Waals surface area contributed by atoms with Crippen LogP contribution in [0.1, 0.15) is 18.9 Å². The fourth-order valence-corrected chi connectivity index (χ4v) is 3.50. The SMILES string of the molecule is CC1CC(CN)CN1C(=O)CN(Cc1cccnc1)c1ccccc1.Cl.Cl. The van der Waals surface area contributed by atoms with Crippen LogP contribution in [0.3, 0.4) is 0 Å². The van der Waals surface area contributed by atoms with Gasteiger partial charge in [-0.1, -0.05) is 24.3 Å². The van der Waals surface area contributed by atoms with Crippen LogP contribution in [0.5, 0.6) is 0 Å². The molecule has 0 spiro atoms. The van der Waals surface area contributed by atoms with Crippen molar-refractivity contribution in [3.8, 4) is 0 Å². The highest BCUT2D eigenvalue weighted by molar-refractivity contribution is 5.85. The maximum Gasteiger partial charge on any atom is 0.242 e. The van der Waals surface area contributed by atoms with Gasteiger partial charge in [0.2, 0.25) is 5.91 Å². The van der Waals surface area contributed by atoms with Crippen LogP contribution in [0.4, 0.5) is 5.69 Å². The lowest BCUT2D eigenvalue weighted by Gasteiger charge is -2.29. The van der Waals surface area contributed by atoms with E-state index in [-0.39, 0.29) is 36.8 Å². The molecule has 0 bridgehead atoms. The number of halogens is 2. The van der Waals surface area contributed by atoms with Gasteiger partial charge in [-0.2, -0.15) is 0 Å². The quantitative estimate of drug-likeness (QED) is 0.794. The predicted octanol–water partition coefficient (Wildman–Crippen LogP) is 3.13. The fraction of sp³-hybridized carbons (Fsp3) is 0.400. The number of hydrogen-bond donors (Lipinski definition) is 1. The Bertz CT molecular complexity index is 687. The van der Waals surface area contributed by atoms with Gasteiger partial charge < -0.3 is 15.5 Å². The average molecular weight is 411 g/mol. The zero-order chi connectivity index (χ0) is 17.6. The number of benzene rings is 1. The van der Waals surface area contributed by atoms with E-state index in [1.54, 1.807) is 6.20 Å². The largest absolute Gasteiger partial charge is 0.358 e. The van der Waals surface area contributed by atoms with Gasteiger partial charge in [-0.15, -0.1) is 24.8 Å². The second-order valence-corrected chi connectivity index (χ2v) is 6.79. The molecule has 1 saturated heterocycles. The Hall–Kier alpha value is -1.82. The van der Waals surface area contributed by atoms with Crippen molar-refractivity contribution in [2.75, 3.05) is 24.5 Å². The van der Waals surface area contributed by atoms with E-state index < -0.39 is 0 Å². The Morgan fingerprint density at radius 3 is 2.56 bits per heavy atom. The fourth-order valence-electron chi connectivity index (χ4n) is 3.50. The number of nitrogens with two attached hydrogens (primary N) is 1. The smallest absolute Gasteiger partial charge is 0.242 e. The van der Waals surface area contributed by atoms with Gasteiger partial charge in [-0.25, -0.2) is 0 Å². The number of rotatable bonds is 6. The van der Waals surface area contributed by atoms with Crippen molar-refractivity contribution in [3.63, 3.8) is 0 Å². The van der Waals surface area contributed by atoms with Gasteiger partial charge in [0.15, 0.2) is 0 Å². The first-order chi connectivity index (χ1) is 12.2. The van der Waals surface area contributed by atoms with Gasteiger partial charge >= 0.3 is 0 Å². The van der Waals surface area contributed by atoms with Crippen LogP contribution in [-0.2, 0) is 11.3 Å². The van der Waals surface area contributed by atoms with Crippen molar-refractivity contribution >= 4 is 36.4 Å². The summed E-state index contributed by atoms with van der Waals surface area (Å²) < 4.78 is 0. The molecule has 2 atom stereocenters. The van der Waals surface area contributed by atoms with Crippen LogP contribution in [0, 0.1) is 5.92 Å². The number of anilines is 1. The first kappa shape index (κ1) is 23.2. The lowest BCUT2D eigenvalue weighted by atomic mass is 10.1. The predicted molar refractivity (Wildman–Crippen MR) is 115 cm³/mol. The van der Waals surface area contributed by atoms with E-state index in [1.165, 1.54) is 0 Å². The molecule has 3 rings (SSSR count). The van der Waals surface area contributed by atoms with Crippen LogP contribution < -0.4 is 10.6 Å². The van der Waals surface area contributed by atoms with Gasteiger partial charge in [0, 0.05) is 37.2 Å². The van der Waals surface area contributed by atoms with E-state index >= 15 is 0 Å². The second kappa shape index (κ2) is 11.1. The summed E-state index contributed by atoms with van der Waals surface area (Å²) in [7, 11) is 0. The lowest BCUT2D eigenvalue weighted by molar-refractivity contribution is -0.130. The molecule has 1 fully saturated rings. The highest BCUT2D eigenvalue weighted by atomic mass is 35.5. The number of likely N-dealkylation sites (tertiary alicyclic amines) is 1. The third-order valence-corrected chi connectivity index (χ3v) is 4.86. The average Bonchev–Trinajstić information content (AvgIpc) is 3.04. The van der Waals surface area contributed by atoms with Gasteiger partial charge in [0.25, 0.3) is 0 Å². The van der Waals surface area contributed by atoms with Crippen LogP contribution in [-0.4, -0.2) is 41.5 Å². The molecule has 1 aromatic heterocycles. The van der Waals surface area contributed by atoms with Crippen molar-refractivity contribution in [1.82, 2.24) is 9.88 Å². The van der Waals surface area contributed by atoms with Crippen LogP contribution in [0.25, 0.3) is 0 Å². The molecule has 1 aromatic carbocycles. The summed E-state index contributed by atoms with van der Waals surface area (Å²) in [6, 6.07) is 14.3. The standard InChI is InChI=1S/C20H26N4O.2ClH/c1-16-10-18(11-21)14-24(16)20(25)15-23(19-7-3-2-4-8-19)13-17-6-5-9-22-12-17;;/h2-9,12,16,18H,10-11,13-15,21H2,1H3;2*1H. The van der Waals surface area contributed by atoms with Crippen molar-refractivity contribution in [3.05, 3.63) is 60.4 Å². The molecule has 1 aliphatic rings. The Morgan fingerprint density at radius 2 is 1.96 bits per heavy atom. The molecule has 1 amide bonds. The summed E-state index contributed by atoms with van der Waals surface area (Å²) in [5.41, 5.74) is 7.93. The Kier molecular flexibility index (Phi) is 9.56. The first-order valence-electron chi connectivity index (χ1n) is 8.86. The molecule has 7 heteroatoms. The zero-order valence-corrected chi connectivity index (χ0v) is 17.2. The molecule has 5 nitrogen and oxygen atoms in total. The number of pyridine rings is 1. The van der Waals surface area contributed by atoms with Crippen molar-refractivity contribution in [2.24, 2.45) is 11.7 Å². The molecule has 1 aliphatic heterocycles. The molecule has 148 valence electrons. The monoisotopic (exact) mass is 410 g/mol. The minimum absolute atomic E-state index is 0. The van der Waals surface area contributed by atoms with Gasteiger partial charge in [0.1, 0.15) is 0 Å². The highest BCUT2D eigenvalue weighted by Crippen LogP contribution is 2.23. The summed E-state index contributed by atoms with van der Waals surface area (Å²) in [5, 5.41) is 0. The van der Waals surface area contributed by atoms with Crippen molar-refractivity contribution in [2.45, 2.75) is 25.9 Å². The van der Waals surface area contributed by atoms with Gasteiger partial charge in [0.05, 0.1) is 6.54 Å². The number of para-hydroxylation sites is 1. The van der Waals surface area contributed by atoms with E-state index in [2.05, 4.69) is 16.8 Å². The number of nitrogens with zero attached hydrogens (tertiary/aromatic N) is 3. The molecular formula is C20H28Cl2N4O. The highest BCUT2D eigenvalue weighted by Gasteiger charge is 2.32. The van der Waals surface area contributed by atoms with Gasteiger partial charge in [-0.05, 0) is 49.6 Å². The Labute approximate surface area is 173 Å². The van der Waals surface area contributed by atoms with E-state index in [0.29, 0.717) is 25.6 Å². The lowest BCUT2D eigenvalue weighted by Crippen LogP contribution is -2.42. The number of carbonyl (C=O) groups excluding carboxylic acids is 1. The molecule has 27 heavy (non-hydrogen) atoms. The van der Waals surface area contributed by atoms with E-state index in [9.17, 15) is 4.79 Å². The minimum atomic E-state index is 0. The van der Waals surface area contributed by atoms with Crippen LogP contribution >= 0.6 is 24.8 Å². The molecule has 2 heterocycles. The number of carbonyl (C=O) groups is 1. The molecule has 0 saturated carbocycles.